The fourth-order valence-electron chi connectivity index (χ4n) is 1.10. The van der Waals surface area contributed by atoms with Crippen molar-refractivity contribution in [3.63, 3.8) is 0 Å². The molecule has 0 radical (unpaired) electrons. The minimum Gasteiger partial charge on any atom is -0.481 e. The molecule has 17 heavy (non-hydrogen) atoms. The number of nitrogens with two attached hydrogens (primary N) is 1. The molecule has 0 saturated heterocycles. The molecule has 0 aromatic heterocycles. The van der Waals surface area contributed by atoms with Crippen molar-refractivity contribution in [2.45, 2.75) is 18.9 Å². The third kappa shape index (κ3) is 5.50. The lowest BCUT2D eigenvalue weighted by molar-refractivity contribution is -0.147. The van der Waals surface area contributed by atoms with Crippen LogP contribution in [-0.4, -0.2) is 40.5 Å². The number of rotatable bonds is 8. The van der Waals surface area contributed by atoms with E-state index < -0.39 is 36.1 Å². The number of carbonyl (C=O) groups excluding carboxylic acids is 1. The molecule has 0 aromatic carbocycles. The van der Waals surface area contributed by atoms with Gasteiger partial charge in [-0.2, -0.15) is 0 Å². The van der Waals surface area contributed by atoms with E-state index in [-0.39, 0.29) is 13.0 Å². The monoisotopic (exact) mass is 244 g/mol. The molecule has 9 heteroatoms. The van der Waals surface area contributed by atoms with Crippen LogP contribution in [0.1, 0.15) is 12.8 Å². The van der Waals surface area contributed by atoms with Crippen LogP contribution in [0.25, 0.3) is 10.4 Å². The van der Waals surface area contributed by atoms with Crippen LogP contribution >= 0.6 is 0 Å². The van der Waals surface area contributed by atoms with Crippen molar-refractivity contribution in [2.24, 2.45) is 16.8 Å². The van der Waals surface area contributed by atoms with Crippen LogP contribution < -0.4 is 5.73 Å². The van der Waals surface area contributed by atoms with E-state index in [2.05, 4.69) is 10.0 Å². The molecule has 94 valence electrons. The maximum atomic E-state index is 11.4. The molecule has 0 aliphatic carbocycles. The van der Waals surface area contributed by atoms with Gasteiger partial charge >= 0.3 is 11.9 Å². The van der Waals surface area contributed by atoms with E-state index in [0.717, 1.165) is 0 Å². The van der Waals surface area contributed by atoms with Crippen molar-refractivity contribution in [3.8, 4) is 0 Å². The van der Waals surface area contributed by atoms with E-state index in [0.29, 0.717) is 0 Å². The molecule has 0 saturated carbocycles. The Bertz CT molecular complexity index is 363. The van der Waals surface area contributed by atoms with Crippen LogP contribution in [0.2, 0.25) is 0 Å². The zero-order valence-electron chi connectivity index (χ0n) is 8.81. The first-order valence-electron chi connectivity index (χ1n) is 4.65. The van der Waals surface area contributed by atoms with Gasteiger partial charge in [0, 0.05) is 17.9 Å². The Morgan fingerprint density at radius 1 is 1.29 bits per heavy atom. The van der Waals surface area contributed by atoms with Crippen molar-refractivity contribution >= 4 is 17.7 Å². The minimum absolute atomic E-state index is 0.165. The molecule has 0 fully saturated rings. The zero-order chi connectivity index (χ0) is 13.4. The lowest BCUT2D eigenvalue weighted by atomic mass is 9.94. The maximum absolute atomic E-state index is 11.4. The summed E-state index contributed by atoms with van der Waals surface area (Å²) < 4.78 is 0. The molecule has 9 nitrogen and oxygen atoms in total. The molecular weight excluding hydrogens is 232 g/mol. The normalized spacial score (nSPS) is 13.2. The van der Waals surface area contributed by atoms with Gasteiger partial charge in [0.1, 0.15) is 17.7 Å². The van der Waals surface area contributed by atoms with E-state index in [1.807, 2.05) is 0 Å². The Hall–Kier alpha value is -2.12. The number of carbonyl (C=O) groups is 3. The summed E-state index contributed by atoms with van der Waals surface area (Å²) in [6, 6.07) is -1.42. The Labute approximate surface area is 95.8 Å². The summed E-state index contributed by atoms with van der Waals surface area (Å²) in [4.78, 5) is 35.0. The van der Waals surface area contributed by atoms with Crippen molar-refractivity contribution in [2.75, 3.05) is 6.54 Å². The van der Waals surface area contributed by atoms with Crippen LogP contribution in [0.5, 0.6) is 0 Å². The molecule has 0 aromatic rings. The van der Waals surface area contributed by atoms with Crippen LogP contribution in [-0.2, 0) is 14.4 Å². The number of hydrogen-bond acceptors (Lipinski definition) is 5. The molecule has 0 rings (SSSR count). The number of nitrogens with zero attached hydrogens (tertiary/aromatic N) is 3. The first-order valence-corrected chi connectivity index (χ1v) is 4.65. The van der Waals surface area contributed by atoms with Crippen molar-refractivity contribution in [1.82, 2.24) is 0 Å². The summed E-state index contributed by atoms with van der Waals surface area (Å²) >= 11 is 0. The number of aliphatic carboxylic acids is 2. The fourth-order valence-corrected chi connectivity index (χ4v) is 1.10. The highest BCUT2D eigenvalue weighted by Crippen LogP contribution is 2.10. The Morgan fingerprint density at radius 3 is 2.29 bits per heavy atom. The van der Waals surface area contributed by atoms with Crippen LogP contribution in [0.4, 0.5) is 0 Å². The topological polar surface area (TPSA) is 166 Å². The molecule has 0 heterocycles. The molecule has 1 unspecified atom stereocenters. The molecule has 0 amide bonds. The van der Waals surface area contributed by atoms with Gasteiger partial charge in [0.15, 0.2) is 0 Å². The largest absolute Gasteiger partial charge is 0.481 e. The predicted octanol–water partition coefficient (Wildman–Crippen LogP) is -0.241. The van der Waals surface area contributed by atoms with Gasteiger partial charge in [0.05, 0.1) is 0 Å². The van der Waals surface area contributed by atoms with Crippen molar-refractivity contribution in [1.29, 1.82) is 0 Å². The molecule has 0 bridgehead atoms. The van der Waals surface area contributed by atoms with Gasteiger partial charge in [0.25, 0.3) is 0 Å². The second-order valence-corrected chi connectivity index (χ2v) is 3.24. The molecule has 0 aliphatic rings. The number of azide groups is 1. The van der Waals surface area contributed by atoms with E-state index in [4.69, 9.17) is 21.5 Å². The van der Waals surface area contributed by atoms with E-state index in [9.17, 15) is 14.4 Å². The summed E-state index contributed by atoms with van der Waals surface area (Å²) in [7, 11) is 0. The molecule has 2 atom stereocenters. The fraction of sp³-hybridized carbons (Fsp3) is 0.625. The van der Waals surface area contributed by atoms with Crippen LogP contribution in [0.3, 0.4) is 0 Å². The summed E-state index contributed by atoms with van der Waals surface area (Å²) in [5.41, 5.74) is 13.1. The Morgan fingerprint density at radius 2 is 1.88 bits per heavy atom. The number of Topliss-reactive ketones (excluding diaryl/α,β-unsaturated/α-hetero) is 1. The lowest BCUT2D eigenvalue weighted by Crippen LogP contribution is -2.37. The molecular formula is C8H12N4O5. The maximum Gasteiger partial charge on any atom is 0.320 e. The highest BCUT2D eigenvalue weighted by atomic mass is 16.4. The van der Waals surface area contributed by atoms with E-state index >= 15 is 0 Å². The summed E-state index contributed by atoms with van der Waals surface area (Å²) in [5.74, 6) is -5.01. The van der Waals surface area contributed by atoms with Gasteiger partial charge in [-0.15, -0.1) is 0 Å². The zero-order valence-corrected chi connectivity index (χ0v) is 8.81. The van der Waals surface area contributed by atoms with Gasteiger partial charge in [-0.1, -0.05) is 5.11 Å². The van der Waals surface area contributed by atoms with Crippen LogP contribution in [0.15, 0.2) is 5.11 Å². The number of carboxylic acid groups (broad SMARTS) is 2. The number of carboxylic acids is 2. The second kappa shape index (κ2) is 7.20. The van der Waals surface area contributed by atoms with Crippen LogP contribution in [0, 0.1) is 5.92 Å². The molecule has 4 N–H and O–H groups in total. The van der Waals surface area contributed by atoms with Gasteiger partial charge in [-0.25, -0.2) is 0 Å². The smallest absolute Gasteiger partial charge is 0.320 e. The van der Waals surface area contributed by atoms with Crippen molar-refractivity contribution in [3.05, 3.63) is 10.4 Å². The summed E-state index contributed by atoms with van der Waals surface area (Å²) in [6.07, 6.45) is -0.743. The number of ketones is 1. The van der Waals surface area contributed by atoms with E-state index in [1.54, 1.807) is 0 Å². The van der Waals surface area contributed by atoms with Gasteiger partial charge < -0.3 is 15.9 Å². The minimum atomic E-state index is -1.49. The second-order valence-electron chi connectivity index (χ2n) is 3.24. The third-order valence-electron chi connectivity index (χ3n) is 2.02. The highest BCUT2D eigenvalue weighted by Gasteiger charge is 2.29. The first-order chi connectivity index (χ1) is 7.90. The number of hydrogen-bond donors (Lipinski definition) is 3. The Kier molecular flexibility index (Phi) is 6.30. The Balaban J connectivity index is 4.51. The van der Waals surface area contributed by atoms with Crippen molar-refractivity contribution < 1.29 is 24.6 Å². The van der Waals surface area contributed by atoms with E-state index in [1.165, 1.54) is 0 Å². The third-order valence-corrected chi connectivity index (χ3v) is 2.02. The summed E-state index contributed by atoms with van der Waals surface area (Å²) in [6.45, 7) is -0.165. The lowest BCUT2D eigenvalue weighted by Gasteiger charge is -2.13. The standard InChI is InChI=1S/C8H12N4O5/c9-5(8(16)17)3-4(7(14)15)6(13)1-2-11-12-10/h4-5H,1-3,9H2,(H,14,15)(H,16,17)/t4?,5-/m0/s1. The quantitative estimate of drug-likeness (QED) is 0.230. The van der Waals surface area contributed by atoms with Gasteiger partial charge in [-0.3, -0.25) is 14.4 Å². The first kappa shape index (κ1) is 14.9. The molecule has 0 aliphatic heterocycles. The average molecular weight is 244 g/mol. The SMILES string of the molecule is [N-]=[N+]=NCCC(=O)C(C[C@H](N)C(=O)O)C(=O)O. The van der Waals surface area contributed by atoms with Gasteiger partial charge in [0.2, 0.25) is 0 Å². The van der Waals surface area contributed by atoms with Gasteiger partial charge in [-0.05, 0) is 12.0 Å². The summed E-state index contributed by atoms with van der Waals surface area (Å²) in [5, 5.41) is 20.4. The highest BCUT2D eigenvalue weighted by molar-refractivity contribution is 5.98. The molecule has 0 spiro atoms. The average Bonchev–Trinajstić information content (AvgIpc) is 2.24. The predicted molar refractivity (Wildman–Crippen MR) is 55.0 cm³/mol.